The smallest absolute Gasteiger partial charge is 0.330 e. The summed E-state index contributed by atoms with van der Waals surface area (Å²) in [7, 11) is 0. The molecule has 19 heavy (non-hydrogen) atoms. The van der Waals surface area contributed by atoms with Crippen molar-refractivity contribution in [2.75, 3.05) is 13.2 Å². The number of esters is 2. The predicted molar refractivity (Wildman–Crippen MR) is 71.3 cm³/mol. The molecular weight excluding hydrogens is 248 g/mol. The molecule has 0 N–H and O–H groups in total. The van der Waals surface area contributed by atoms with Gasteiger partial charge in [-0.2, -0.15) is 0 Å². The van der Waals surface area contributed by atoms with Gasteiger partial charge in [0.05, 0.1) is 12.0 Å². The summed E-state index contributed by atoms with van der Waals surface area (Å²) in [5.41, 5.74) is -0.922. The van der Waals surface area contributed by atoms with E-state index in [1.165, 1.54) is 0 Å². The van der Waals surface area contributed by atoms with Gasteiger partial charge in [-0.1, -0.05) is 20.4 Å². The largest absolute Gasteiger partial charge is 0.461 e. The molecule has 0 rings (SSSR count). The molecule has 110 valence electrons. The minimum atomic E-state index is -0.922. The third-order valence-electron chi connectivity index (χ3n) is 2.23. The number of ether oxygens (including phenoxy) is 3. The zero-order valence-electron chi connectivity index (χ0n) is 12.4. The van der Waals surface area contributed by atoms with E-state index in [1.54, 1.807) is 20.8 Å². The van der Waals surface area contributed by atoms with Gasteiger partial charge in [-0.3, -0.25) is 4.79 Å². The van der Waals surface area contributed by atoms with E-state index in [9.17, 15) is 9.59 Å². The second-order valence-corrected chi connectivity index (χ2v) is 5.40. The van der Waals surface area contributed by atoms with Gasteiger partial charge in [0.25, 0.3) is 0 Å². The minimum Gasteiger partial charge on any atom is -0.461 e. The van der Waals surface area contributed by atoms with Gasteiger partial charge < -0.3 is 14.2 Å². The standard InChI is InChI=1S/C14H24O5/c1-7-12(15)18-9-14(5,6)13(16)19-11(4)17-8-10(2)3/h7,10-11H,1,8-9H2,2-6H3. The average Bonchev–Trinajstić information content (AvgIpc) is 2.33. The first-order valence-corrected chi connectivity index (χ1v) is 6.31. The Hall–Kier alpha value is -1.36. The van der Waals surface area contributed by atoms with Crippen LogP contribution in [0.3, 0.4) is 0 Å². The summed E-state index contributed by atoms with van der Waals surface area (Å²) < 4.78 is 15.4. The molecule has 1 atom stereocenters. The van der Waals surface area contributed by atoms with Crippen molar-refractivity contribution >= 4 is 11.9 Å². The quantitative estimate of drug-likeness (QED) is 0.385. The Morgan fingerprint density at radius 2 is 1.84 bits per heavy atom. The van der Waals surface area contributed by atoms with Gasteiger partial charge in [-0.25, -0.2) is 4.79 Å². The molecule has 0 heterocycles. The first-order chi connectivity index (χ1) is 8.69. The monoisotopic (exact) mass is 272 g/mol. The summed E-state index contributed by atoms with van der Waals surface area (Å²) in [6, 6.07) is 0. The molecule has 0 saturated carbocycles. The van der Waals surface area contributed by atoms with Crippen LogP contribution in [0.1, 0.15) is 34.6 Å². The van der Waals surface area contributed by atoms with E-state index in [1.807, 2.05) is 13.8 Å². The molecule has 0 aliphatic heterocycles. The fourth-order valence-corrected chi connectivity index (χ4v) is 1.04. The highest BCUT2D eigenvalue weighted by molar-refractivity contribution is 5.82. The first-order valence-electron chi connectivity index (χ1n) is 6.31. The third kappa shape index (κ3) is 7.62. The van der Waals surface area contributed by atoms with E-state index in [-0.39, 0.29) is 6.61 Å². The van der Waals surface area contributed by atoms with Crippen molar-refractivity contribution < 1.29 is 23.8 Å². The maximum Gasteiger partial charge on any atom is 0.330 e. The lowest BCUT2D eigenvalue weighted by molar-refractivity contribution is -0.189. The maximum absolute atomic E-state index is 11.9. The van der Waals surface area contributed by atoms with Crippen LogP contribution in [0.5, 0.6) is 0 Å². The molecule has 0 spiro atoms. The highest BCUT2D eigenvalue weighted by Crippen LogP contribution is 2.19. The van der Waals surface area contributed by atoms with Crippen LogP contribution in [-0.4, -0.2) is 31.4 Å². The van der Waals surface area contributed by atoms with E-state index in [0.29, 0.717) is 12.5 Å². The van der Waals surface area contributed by atoms with Crippen LogP contribution < -0.4 is 0 Å². The average molecular weight is 272 g/mol. The molecule has 0 bridgehead atoms. The van der Waals surface area contributed by atoms with E-state index in [0.717, 1.165) is 6.08 Å². The molecule has 5 nitrogen and oxygen atoms in total. The van der Waals surface area contributed by atoms with Crippen molar-refractivity contribution in [3.63, 3.8) is 0 Å². The van der Waals surface area contributed by atoms with Gasteiger partial charge in [-0.15, -0.1) is 0 Å². The summed E-state index contributed by atoms with van der Waals surface area (Å²) in [5, 5.41) is 0. The number of carbonyl (C=O) groups excluding carboxylic acids is 2. The van der Waals surface area contributed by atoms with Crippen molar-refractivity contribution in [2.24, 2.45) is 11.3 Å². The van der Waals surface area contributed by atoms with Crippen molar-refractivity contribution in [3.05, 3.63) is 12.7 Å². The van der Waals surface area contributed by atoms with Crippen molar-refractivity contribution in [3.8, 4) is 0 Å². The zero-order chi connectivity index (χ0) is 15.1. The van der Waals surface area contributed by atoms with E-state index >= 15 is 0 Å². The first kappa shape index (κ1) is 17.6. The lowest BCUT2D eigenvalue weighted by atomic mass is 9.95. The fraction of sp³-hybridized carbons (Fsp3) is 0.714. The Balaban J connectivity index is 4.22. The third-order valence-corrected chi connectivity index (χ3v) is 2.23. The zero-order valence-corrected chi connectivity index (χ0v) is 12.4. The lowest BCUT2D eigenvalue weighted by Crippen LogP contribution is -2.35. The van der Waals surface area contributed by atoms with Crippen molar-refractivity contribution in [1.29, 1.82) is 0 Å². The topological polar surface area (TPSA) is 61.8 Å². The van der Waals surface area contributed by atoms with Gasteiger partial charge in [0.15, 0.2) is 6.29 Å². The van der Waals surface area contributed by atoms with Crippen molar-refractivity contribution in [2.45, 2.75) is 40.9 Å². The molecule has 0 aliphatic carbocycles. The lowest BCUT2D eigenvalue weighted by Gasteiger charge is -2.24. The maximum atomic E-state index is 11.9. The van der Waals surface area contributed by atoms with E-state index in [2.05, 4.69) is 6.58 Å². The molecule has 0 aromatic rings. The SMILES string of the molecule is C=CC(=O)OCC(C)(C)C(=O)OC(C)OCC(C)C. The Labute approximate surface area is 114 Å². The minimum absolute atomic E-state index is 0.0619. The van der Waals surface area contributed by atoms with Gasteiger partial charge in [0.2, 0.25) is 0 Å². The molecule has 0 radical (unpaired) electrons. The molecule has 0 saturated heterocycles. The van der Waals surface area contributed by atoms with Crippen LogP contribution >= 0.6 is 0 Å². The van der Waals surface area contributed by atoms with Crippen LogP contribution in [0, 0.1) is 11.3 Å². The molecule has 0 fully saturated rings. The summed E-state index contributed by atoms with van der Waals surface area (Å²) in [6.45, 7) is 12.7. The number of rotatable bonds is 8. The summed E-state index contributed by atoms with van der Waals surface area (Å²) in [4.78, 5) is 22.9. The molecule has 5 heteroatoms. The number of hydrogen-bond acceptors (Lipinski definition) is 5. The van der Waals surface area contributed by atoms with Gasteiger partial charge in [0, 0.05) is 6.08 Å². The van der Waals surface area contributed by atoms with Gasteiger partial charge >= 0.3 is 11.9 Å². The van der Waals surface area contributed by atoms with E-state index < -0.39 is 23.6 Å². The number of hydrogen-bond donors (Lipinski definition) is 0. The second kappa shape index (κ2) is 7.94. The van der Waals surface area contributed by atoms with Crippen LogP contribution in [0.2, 0.25) is 0 Å². The highest BCUT2D eigenvalue weighted by atomic mass is 16.7. The van der Waals surface area contributed by atoms with Crippen LogP contribution in [0.4, 0.5) is 0 Å². The molecule has 0 amide bonds. The summed E-state index contributed by atoms with van der Waals surface area (Å²) in [5.74, 6) is -0.673. The predicted octanol–water partition coefficient (Wildman–Crippen LogP) is 2.30. The van der Waals surface area contributed by atoms with Crippen LogP contribution in [0.15, 0.2) is 12.7 Å². The second-order valence-electron chi connectivity index (χ2n) is 5.40. The normalized spacial score (nSPS) is 12.9. The fourth-order valence-electron chi connectivity index (χ4n) is 1.04. The van der Waals surface area contributed by atoms with Gasteiger partial charge in [-0.05, 0) is 26.7 Å². The molecule has 1 unspecified atom stereocenters. The molecular formula is C14H24O5. The van der Waals surface area contributed by atoms with Crippen LogP contribution in [0.25, 0.3) is 0 Å². The molecule has 0 aromatic heterocycles. The van der Waals surface area contributed by atoms with Crippen molar-refractivity contribution in [1.82, 2.24) is 0 Å². The Bertz CT molecular complexity index is 320. The highest BCUT2D eigenvalue weighted by Gasteiger charge is 2.32. The Morgan fingerprint density at radius 1 is 1.26 bits per heavy atom. The van der Waals surface area contributed by atoms with Crippen LogP contribution in [-0.2, 0) is 23.8 Å². The Kier molecular flexibility index (Phi) is 7.37. The summed E-state index contributed by atoms with van der Waals surface area (Å²) in [6.07, 6.45) is 0.430. The van der Waals surface area contributed by atoms with Gasteiger partial charge in [0.1, 0.15) is 6.61 Å². The summed E-state index contributed by atoms with van der Waals surface area (Å²) >= 11 is 0. The number of carbonyl (C=O) groups is 2. The molecule has 0 aromatic carbocycles. The Morgan fingerprint density at radius 3 is 2.32 bits per heavy atom. The molecule has 0 aliphatic rings. The van der Waals surface area contributed by atoms with E-state index in [4.69, 9.17) is 14.2 Å².